The number of ether oxygens (including phenoxy) is 1. The molecule has 0 aromatic heterocycles. The molecule has 7 saturated carbocycles. The van der Waals surface area contributed by atoms with E-state index in [0.717, 1.165) is 65.1 Å². The van der Waals surface area contributed by atoms with Crippen molar-refractivity contribution in [3.05, 3.63) is 0 Å². The molecule has 47 heavy (non-hydrogen) atoms. The maximum Gasteiger partial charge on any atom is 0.0641 e. The van der Waals surface area contributed by atoms with E-state index in [1.54, 1.807) is 12.8 Å². The Morgan fingerprint density at radius 2 is 0.830 bits per heavy atom. The summed E-state index contributed by atoms with van der Waals surface area (Å²) in [6.45, 7) is 0. The molecule has 0 spiro atoms. The van der Waals surface area contributed by atoms with Crippen molar-refractivity contribution in [2.45, 2.75) is 204 Å². The third kappa shape index (κ3) is 6.80. The van der Waals surface area contributed by atoms with Crippen LogP contribution in [0.25, 0.3) is 0 Å². The van der Waals surface area contributed by atoms with E-state index < -0.39 is 0 Å². The second kappa shape index (κ2) is 14.8. The minimum atomic E-state index is 0.489. The lowest BCUT2D eigenvalue weighted by molar-refractivity contribution is -0.0861. The van der Waals surface area contributed by atoms with Crippen molar-refractivity contribution in [1.82, 2.24) is 16.0 Å². The van der Waals surface area contributed by atoms with Gasteiger partial charge < -0.3 is 4.74 Å². The van der Waals surface area contributed by atoms with Gasteiger partial charge in [0.25, 0.3) is 0 Å². The highest BCUT2D eigenvalue weighted by Gasteiger charge is 2.57. The van der Waals surface area contributed by atoms with Gasteiger partial charge in [-0.1, -0.05) is 109 Å². The molecule has 2 saturated heterocycles. The molecular formula is C43H73N3O. The molecule has 9 aliphatic rings. The van der Waals surface area contributed by atoms with Gasteiger partial charge in [-0.15, -0.1) is 0 Å². The van der Waals surface area contributed by atoms with E-state index in [2.05, 4.69) is 16.0 Å². The van der Waals surface area contributed by atoms with E-state index >= 15 is 0 Å². The van der Waals surface area contributed by atoms with Gasteiger partial charge in [-0.2, -0.15) is 0 Å². The summed E-state index contributed by atoms with van der Waals surface area (Å²) in [5.41, 5.74) is 0. The van der Waals surface area contributed by atoms with Crippen LogP contribution in [0.1, 0.15) is 173 Å². The van der Waals surface area contributed by atoms with Gasteiger partial charge in [0.05, 0.1) is 30.7 Å². The number of hydrogen-bond donors (Lipinski definition) is 3. The van der Waals surface area contributed by atoms with Crippen molar-refractivity contribution in [2.75, 3.05) is 0 Å². The maximum absolute atomic E-state index is 7.26. The Balaban J connectivity index is 0.917. The molecule has 9 fully saturated rings. The van der Waals surface area contributed by atoms with Crippen LogP contribution in [0.4, 0.5) is 0 Å². The summed E-state index contributed by atoms with van der Waals surface area (Å²) < 4.78 is 7.26. The van der Waals surface area contributed by atoms with Gasteiger partial charge in [0.2, 0.25) is 0 Å². The molecule has 2 heterocycles. The smallest absolute Gasteiger partial charge is 0.0641 e. The Hall–Kier alpha value is -0.160. The lowest BCUT2D eigenvalue weighted by Gasteiger charge is -2.52. The van der Waals surface area contributed by atoms with Crippen molar-refractivity contribution in [3.63, 3.8) is 0 Å². The third-order valence-electron chi connectivity index (χ3n) is 17.0. The molecule has 0 radical (unpaired) electrons. The lowest BCUT2D eigenvalue weighted by Crippen LogP contribution is -2.72. The number of fused-ring (bicyclic) bond motifs is 5. The van der Waals surface area contributed by atoms with Crippen LogP contribution in [0.15, 0.2) is 0 Å². The van der Waals surface area contributed by atoms with Gasteiger partial charge in [-0.3, -0.25) is 16.0 Å². The molecule has 2 aliphatic heterocycles. The zero-order valence-electron chi connectivity index (χ0n) is 30.2. The Morgan fingerprint density at radius 1 is 0.298 bits per heavy atom. The van der Waals surface area contributed by atoms with Crippen LogP contribution < -0.4 is 16.0 Å². The standard InChI is InChI=1S/C43H73N3O/c1-4-13-28(14-5-1)31-19-12-20-32(25-31)42-44-41(30-17-8-3-9-18-30)45-43(46-42)33-23-24-39-37(26-33)38-27-36(29-15-6-2-7-16-29)34-21-10-11-22-35(34)40(38)47-39/h28-46H,1-27H2. The van der Waals surface area contributed by atoms with E-state index in [4.69, 9.17) is 4.74 Å². The fraction of sp³-hybridized carbons (Fsp3) is 1.00. The summed E-state index contributed by atoms with van der Waals surface area (Å²) in [4.78, 5) is 0. The van der Waals surface area contributed by atoms with E-state index in [9.17, 15) is 0 Å². The fourth-order valence-electron chi connectivity index (χ4n) is 14.7. The van der Waals surface area contributed by atoms with Crippen LogP contribution >= 0.6 is 0 Å². The Kier molecular flexibility index (Phi) is 10.3. The Labute approximate surface area is 289 Å². The zero-order chi connectivity index (χ0) is 31.2. The summed E-state index contributed by atoms with van der Waals surface area (Å²) >= 11 is 0. The molecule has 3 N–H and O–H groups in total. The van der Waals surface area contributed by atoms with Crippen LogP contribution in [0.5, 0.6) is 0 Å². The zero-order valence-corrected chi connectivity index (χ0v) is 30.2. The predicted molar refractivity (Wildman–Crippen MR) is 192 cm³/mol. The van der Waals surface area contributed by atoms with E-state index in [-0.39, 0.29) is 0 Å². The van der Waals surface area contributed by atoms with Crippen LogP contribution in [-0.4, -0.2) is 30.7 Å². The van der Waals surface area contributed by atoms with Gasteiger partial charge in [0, 0.05) is 0 Å². The third-order valence-corrected chi connectivity index (χ3v) is 17.0. The van der Waals surface area contributed by atoms with Crippen molar-refractivity contribution >= 4 is 0 Å². The fourth-order valence-corrected chi connectivity index (χ4v) is 14.7. The van der Waals surface area contributed by atoms with E-state index in [0.29, 0.717) is 30.7 Å². The van der Waals surface area contributed by atoms with E-state index in [1.807, 2.05) is 0 Å². The SMILES string of the molecule is C1CCC(C2CCCC(C3NC(C4CCCCC4)NC(C4CCC5OC6C(CC(C7CCCCC7)C7CCCCC76)C5C4)N3)C2)CC1. The monoisotopic (exact) mass is 648 g/mol. The normalized spacial score (nSPS) is 49.1. The van der Waals surface area contributed by atoms with Gasteiger partial charge in [0.15, 0.2) is 0 Å². The first kappa shape index (κ1) is 32.7. The highest BCUT2D eigenvalue weighted by atomic mass is 16.5. The summed E-state index contributed by atoms with van der Waals surface area (Å²) in [6.07, 6.45) is 42.5. The topological polar surface area (TPSA) is 45.3 Å². The molecule has 0 aromatic rings. The highest BCUT2D eigenvalue weighted by molar-refractivity contribution is 5.06. The molecule has 13 atom stereocenters. The Morgan fingerprint density at radius 3 is 1.53 bits per heavy atom. The molecule has 0 aromatic carbocycles. The van der Waals surface area contributed by atoms with Crippen molar-refractivity contribution in [1.29, 1.82) is 0 Å². The predicted octanol–water partition coefficient (Wildman–Crippen LogP) is 9.92. The summed E-state index contributed by atoms with van der Waals surface area (Å²) in [5.74, 6) is 10.0. The molecule has 13 unspecified atom stereocenters. The molecular weight excluding hydrogens is 574 g/mol. The van der Waals surface area contributed by atoms with Crippen molar-refractivity contribution < 1.29 is 4.74 Å². The molecule has 0 amide bonds. The minimum Gasteiger partial charge on any atom is -0.374 e. The molecule has 0 bridgehead atoms. The first-order valence-electron chi connectivity index (χ1n) is 22.2. The van der Waals surface area contributed by atoms with Gasteiger partial charge >= 0.3 is 0 Å². The van der Waals surface area contributed by atoms with Crippen LogP contribution in [-0.2, 0) is 4.74 Å². The van der Waals surface area contributed by atoms with Gasteiger partial charge in [-0.05, 0) is 129 Å². The highest BCUT2D eigenvalue weighted by Crippen LogP contribution is 2.59. The second-order valence-electron chi connectivity index (χ2n) is 19.4. The lowest BCUT2D eigenvalue weighted by atomic mass is 9.54. The molecule has 7 aliphatic carbocycles. The Bertz CT molecular complexity index is 1000. The van der Waals surface area contributed by atoms with Crippen molar-refractivity contribution in [2.24, 2.45) is 65.1 Å². The first-order valence-corrected chi connectivity index (χ1v) is 22.2. The second-order valence-corrected chi connectivity index (χ2v) is 19.4. The molecule has 4 heteroatoms. The summed E-state index contributed by atoms with van der Waals surface area (Å²) in [5, 5.41) is 13.0. The molecule has 266 valence electrons. The van der Waals surface area contributed by atoms with E-state index in [1.165, 1.54) is 161 Å². The summed E-state index contributed by atoms with van der Waals surface area (Å²) in [6, 6.07) is 0. The first-order chi connectivity index (χ1) is 23.3. The van der Waals surface area contributed by atoms with Crippen LogP contribution in [0.3, 0.4) is 0 Å². The number of hydrogen-bond acceptors (Lipinski definition) is 4. The average Bonchev–Trinajstić information content (AvgIpc) is 3.53. The molecule has 4 nitrogen and oxygen atoms in total. The van der Waals surface area contributed by atoms with Gasteiger partial charge in [-0.25, -0.2) is 0 Å². The molecule has 9 rings (SSSR count). The largest absolute Gasteiger partial charge is 0.374 e. The van der Waals surface area contributed by atoms with Gasteiger partial charge in [0.1, 0.15) is 0 Å². The minimum absolute atomic E-state index is 0.489. The number of rotatable bonds is 5. The van der Waals surface area contributed by atoms with Crippen LogP contribution in [0, 0.1) is 65.1 Å². The maximum atomic E-state index is 7.26. The van der Waals surface area contributed by atoms with Crippen molar-refractivity contribution in [3.8, 4) is 0 Å². The summed E-state index contributed by atoms with van der Waals surface area (Å²) in [7, 11) is 0. The quantitative estimate of drug-likeness (QED) is 0.278. The number of nitrogens with one attached hydrogen (secondary N) is 3. The van der Waals surface area contributed by atoms with Crippen LogP contribution in [0.2, 0.25) is 0 Å². The average molecular weight is 648 g/mol.